The van der Waals surface area contributed by atoms with Gasteiger partial charge in [-0.2, -0.15) is 0 Å². The Bertz CT molecular complexity index is 364. The number of nitrogens with two attached hydrogens (primary N) is 1. The van der Waals surface area contributed by atoms with Crippen molar-refractivity contribution < 1.29 is 14.3 Å². The minimum absolute atomic E-state index is 0.110. The second kappa shape index (κ2) is 8.04. The minimum atomic E-state index is -0.667. The Hall–Kier alpha value is -1.37. The van der Waals surface area contributed by atoms with Crippen molar-refractivity contribution in [3.63, 3.8) is 0 Å². The van der Waals surface area contributed by atoms with Gasteiger partial charge in [-0.15, -0.1) is 0 Å². The van der Waals surface area contributed by atoms with Crippen molar-refractivity contribution in [3.05, 3.63) is 0 Å². The number of alkyl carbamates (subject to hydrolysis) is 1. The topological polar surface area (TPSA) is 93.4 Å². The number of hydrogen-bond acceptors (Lipinski definition) is 4. The molecule has 0 saturated carbocycles. The van der Waals surface area contributed by atoms with Gasteiger partial charge in [-0.3, -0.25) is 4.79 Å². The lowest BCUT2D eigenvalue weighted by atomic mass is 10.0. The smallest absolute Gasteiger partial charge is 0.408 e. The highest BCUT2D eigenvalue weighted by Crippen LogP contribution is 2.09. The Morgan fingerprint density at radius 2 is 1.85 bits per heavy atom. The summed E-state index contributed by atoms with van der Waals surface area (Å²) < 4.78 is 5.15. The van der Waals surface area contributed by atoms with Crippen LogP contribution in [0.25, 0.3) is 0 Å². The van der Waals surface area contributed by atoms with E-state index >= 15 is 0 Å². The molecular formula is C13H25N3O3S. The van der Waals surface area contributed by atoms with E-state index in [1.165, 1.54) is 0 Å². The molecule has 0 rings (SSSR count). The monoisotopic (exact) mass is 303 g/mol. The van der Waals surface area contributed by atoms with Crippen molar-refractivity contribution in [2.45, 2.75) is 52.7 Å². The lowest BCUT2D eigenvalue weighted by Crippen LogP contribution is -2.50. The summed E-state index contributed by atoms with van der Waals surface area (Å²) in [6.07, 6.45) is -0.115. The van der Waals surface area contributed by atoms with Crippen molar-refractivity contribution >= 4 is 29.2 Å². The standard InChI is InChI=1S/C13H25N3O3S/c1-8(2)6-9(11(17)15-7-10(14)20)16-12(18)19-13(3,4)5/h8-9H,6-7H2,1-5H3,(H2,14,20)(H,15,17)(H,16,18)/t9-/m0/s1. The lowest BCUT2D eigenvalue weighted by Gasteiger charge is -2.24. The third-order valence-corrected chi connectivity index (χ3v) is 2.30. The molecule has 0 aliphatic carbocycles. The Labute approximate surface area is 125 Å². The molecule has 0 saturated heterocycles. The van der Waals surface area contributed by atoms with E-state index in [4.69, 9.17) is 22.7 Å². The van der Waals surface area contributed by atoms with Gasteiger partial charge in [-0.05, 0) is 33.1 Å². The molecule has 4 N–H and O–H groups in total. The number of carbonyl (C=O) groups is 2. The summed E-state index contributed by atoms with van der Waals surface area (Å²) in [6, 6.07) is -0.667. The molecule has 0 radical (unpaired) electrons. The first-order valence-corrected chi connectivity index (χ1v) is 6.97. The SMILES string of the molecule is CC(C)C[C@H](NC(=O)OC(C)(C)C)C(=O)NCC(N)=S. The predicted molar refractivity (Wildman–Crippen MR) is 82.4 cm³/mol. The Kier molecular flexibility index (Phi) is 7.49. The maximum Gasteiger partial charge on any atom is 0.408 e. The van der Waals surface area contributed by atoms with Gasteiger partial charge in [-0.25, -0.2) is 4.79 Å². The van der Waals surface area contributed by atoms with Crippen LogP contribution in [0, 0.1) is 5.92 Å². The first-order valence-electron chi connectivity index (χ1n) is 6.56. The van der Waals surface area contributed by atoms with Crippen molar-refractivity contribution in [1.29, 1.82) is 0 Å². The van der Waals surface area contributed by atoms with Crippen molar-refractivity contribution in [3.8, 4) is 0 Å². The fraction of sp³-hybridized carbons (Fsp3) is 0.769. The zero-order valence-electron chi connectivity index (χ0n) is 12.8. The van der Waals surface area contributed by atoms with Crippen LogP contribution in [0.15, 0.2) is 0 Å². The number of hydrogen-bond donors (Lipinski definition) is 3. The summed E-state index contributed by atoms with van der Waals surface area (Å²) in [5, 5.41) is 5.15. The molecule has 6 nitrogen and oxygen atoms in total. The van der Waals surface area contributed by atoms with Crippen LogP contribution in [0.1, 0.15) is 41.0 Å². The minimum Gasteiger partial charge on any atom is -0.444 e. The fourth-order valence-electron chi connectivity index (χ4n) is 1.45. The van der Waals surface area contributed by atoms with Gasteiger partial charge in [-0.1, -0.05) is 26.1 Å². The van der Waals surface area contributed by atoms with E-state index < -0.39 is 17.7 Å². The lowest BCUT2D eigenvalue weighted by molar-refractivity contribution is -0.123. The molecular weight excluding hydrogens is 278 g/mol. The van der Waals surface area contributed by atoms with Crippen LogP contribution in [0.2, 0.25) is 0 Å². The molecule has 0 spiro atoms. The number of ether oxygens (including phenoxy) is 1. The summed E-state index contributed by atoms with van der Waals surface area (Å²) in [6.45, 7) is 9.32. The summed E-state index contributed by atoms with van der Waals surface area (Å²) >= 11 is 4.70. The molecule has 0 aromatic heterocycles. The van der Waals surface area contributed by atoms with Crippen LogP contribution in [0.4, 0.5) is 4.79 Å². The molecule has 0 aliphatic rings. The van der Waals surface area contributed by atoms with Crippen LogP contribution in [0.5, 0.6) is 0 Å². The van der Waals surface area contributed by atoms with E-state index in [0.29, 0.717) is 6.42 Å². The Morgan fingerprint density at radius 3 is 2.25 bits per heavy atom. The molecule has 0 bridgehead atoms. The summed E-state index contributed by atoms with van der Waals surface area (Å²) in [5.41, 5.74) is 4.72. The van der Waals surface area contributed by atoms with Gasteiger partial charge in [0.25, 0.3) is 0 Å². The van der Waals surface area contributed by atoms with E-state index in [1.807, 2.05) is 13.8 Å². The van der Waals surface area contributed by atoms with Crippen LogP contribution >= 0.6 is 12.2 Å². The van der Waals surface area contributed by atoms with Crippen LogP contribution < -0.4 is 16.4 Å². The molecule has 20 heavy (non-hydrogen) atoms. The van der Waals surface area contributed by atoms with Gasteiger partial charge in [0.15, 0.2) is 0 Å². The first kappa shape index (κ1) is 18.6. The molecule has 0 unspecified atom stereocenters. The van der Waals surface area contributed by atoms with Gasteiger partial charge >= 0.3 is 6.09 Å². The summed E-state index contributed by atoms with van der Waals surface area (Å²) in [4.78, 5) is 23.9. The normalized spacial score (nSPS) is 12.7. The van der Waals surface area contributed by atoms with E-state index in [-0.39, 0.29) is 23.4 Å². The quantitative estimate of drug-likeness (QED) is 0.644. The third kappa shape index (κ3) is 9.55. The van der Waals surface area contributed by atoms with Gasteiger partial charge in [0.1, 0.15) is 11.6 Å². The number of amides is 2. The van der Waals surface area contributed by atoms with Gasteiger partial charge in [0.05, 0.1) is 11.5 Å². The largest absolute Gasteiger partial charge is 0.444 e. The molecule has 1 atom stereocenters. The van der Waals surface area contributed by atoms with Crippen LogP contribution in [-0.4, -0.2) is 35.2 Å². The highest BCUT2D eigenvalue weighted by molar-refractivity contribution is 7.80. The maximum atomic E-state index is 12.0. The summed E-state index contributed by atoms with van der Waals surface area (Å²) in [5.74, 6) is -0.0807. The highest BCUT2D eigenvalue weighted by atomic mass is 32.1. The Morgan fingerprint density at radius 1 is 1.30 bits per heavy atom. The molecule has 2 amide bonds. The molecule has 116 valence electrons. The fourth-order valence-corrected chi connectivity index (χ4v) is 1.52. The zero-order valence-corrected chi connectivity index (χ0v) is 13.6. The predicted octanol–water partition coefficient (Wildman–Crippen LogP) is 1.33. The van der Waals surface area contributed by atoms with Crippen molar-refractivity contribution in [2.24, 2.45) is 11.7 Å². The second-order valence-corrected chi connectivity index (χ2v) is 6.54. The molecule has 7 heteroatoms. The maximum absolute atomic E-state index is 12.0. The zero-order chi connectivity index (χ0) is 15.9. The average Bonchev–Trinajstić information content (AvgIpc) is 2.21. The van der Waals surface area contributed by atoms with E-state index in [2.05, 4.69) is 10.6 Å². The first-order chi connectivity index (χ1) is 9.01. The molecule has 0 aromatic rings. The highest BCUT2D eigenvalue weighted by Gasteiger charge is 2.24. The van der Waals surface area contributed by atoms with E-state index in [9.17, 15) is 9.59 Å². The van der Waals surface area contributed by atoms with Crippen molar-refractivity contribution in [2.75, 3.05) is 6.54 Å². The summed E-state index contributed by atoms with van der Waals surface area (Å²) in [7, 11) is 0. The van der Waals surface area contributed by atoms with E-state index in [1.54, 1.807) is 20.8 Å². The van der Waals surface area contributed by atoms with Gasteiger partial charge < -0.3 is 21.1 Å². The molecule has 0 aromatic carbocycles. The molecule has 0 aliphatic heterocycles. The van der Waals surface area contributed by atoms with Crippen molar-refractivity contribution in [1.82, 2.24) is 10.6 Å². The number of rotatable bonds is 6. The number of nitrogens with one attached hydrogen (secondary N) is 2. The number of thiocarbonyl (C=S) groups is 1. The third-order valence-electron chi connectivity index (χ3n) is 2.15. The molecule has 0 fully saturated rings. The van der Waals surface area contributed by atoms with E-state index in [0.717, 1.165) is 0 Å². The average molecular weight is 303 g/mol. The number of carbonyl (C=O) groups excluding carboxylic acids is 2. The van der Waals surface area contributed by atoms with Gasteiger partial charge in [0, 0.05) is 0 Å². The van der Waals surface area contributed by atoms with Crippen LogP contribution in [-0.2, 0) is 9.53 Å². The second-order valence-electron chi connectivity index (χ2n) is 6.01. The van der Waals surface area contributed by atoms with Crippen LogP contribution in [0.3, 0.4) is 0 Å². The molecule has 0 heterocycles. The van der Waals surface area contributed by atoms with Gasteiger partial charge in [0.2, 0.25) is 5.91 Å². The Balaban J connectivity index is 4.59.